The molecule has 2 aromatic carbocycles. The van der Waals surface area contributed by atoms with E-state index in [1.807, 2.05) is 6.07 Å². The van der Waals surface area contributed by atoms with E-state index in [-0.39, 0.29) is 0 Å². The van der Waals surface area contributed by atoms with Gasteiger partial charge in [0.25, 0.3) is 0 Å². The van der Waals surface area contributed by atoms with Gasteiger partial charge < -0.3 is 0 Å². The van der Waals surface area contributed by atoms with Crippen LogP contribution in [0.2, 0.25) is 0 Å². The van der Waals surface area contributed by atoms with Crippen LogP contribution in [0.5, 0.6) is 0 Å². The molecule has 3 heteroatoms. The number of alkyl halides is 3. The lowest BCUT2D eigenvalue weighted by Gasteiger charge is -2.22. The fourth-order valence-electron chi connectivity index (χ4n) is 3.16. The maximum atomic E-state index is 12.6. The molecule has 1 atom stereocenters. The minimum atomic E-state index is -4.26. The van der Waals surface area contributed by atoms with Crippen molar-refractivity contribution in [3.05, 3.63) is 77.4 Å². The van der Waals surface area contributed by atoms with Crippen molar-refractivity contribution in [2.24, 2.45) is 5.92 Å². The molecule has 120 valence electrons. The fraction of sp³-hybridized carbons (Fsp3) is 0.300. The first-order valence-corrected chi connectivity index (χ1v) is 7.93. The predicted molar refractivity (Wildman–Crippen MR) is 86.9 cm³/mol. The fourth-order valence-corrected chi connectivity index (χ4v) is 3.16. The summed E-state index contributed by atoms with van der Waals surface area (Å²) in [5, 5.41) is 0. The number of hydrogen-bond acceptors (Lipinski definition) is 0. The second kappa shape index (κ2) is 6.61. The van der Waals surface area contributed by atoms with E-state index in [0.717, 1.165) is 31.2 Å². The summed E-state index contributed by atoms with van der Waals surface area (Å²) in [7, 11) is 0. The van der Waals surface area contributed by atoms with Crippen LogP contribution in [0.15, 0.2) is 60.7 Å². The summed E-state index contributed by atoms with van der Waals surface area (Å²) < 4.78 is 37.8. The summed E-state index contributed by atoms with van der Waals surface area (Å²) in [6, 6.07) is 16.0. The zero-order valence-electron chi connectivity index (χ0n) is 12.8. The number of allylic oxidation sites excluding steroid dienone is 2. The Morgan fingerprint density at radius 1 is 0.913 bits per heavy atom. The van der Waals surface area contributed by atoms with E-state index in [9.17, 15) is 13.2 Å². The highest BCUT2D eigenvalue weighted by Crippen LogP contribution is 2.34. The Morgan fingerprint density at radius 3 is 2.17 bits per heavy atom. The minimum Gasteiger partial charge on any atom is -0.166 e. The van der Waals surface area contributed by atoms with Crippen molar-refractivity contribution in [3.63, 3.8) is 0 Å². The first kappa shape index (κ1) is 15.9. The third-order valence-electron chi connectivity index (χ3n) is 4.47. The molecule has 1 aliphatic carbocycles. The van der Waals surface area contributed by atoms with Crippen LogP contribution in [0.25, 0.3) is 5.57 Å². The molecular weight excluding hydrogens is 297 g/mol. The van der Waals surface area contributed by atoms with Crippen LogP contribution in [-0.4, -0.2) is 0 Å². The van der Waals surface area contributed by atoms with E-state index in [2.05, 4.69) is 30.3 Å². The van der Waals surface area contributed by atoms with Crippen LogP contribution < -0.4 is 0 Å². The molecule has 0 spiro atoms. The Morgan fingerprint density at radius 2 is 1.61 bits per heavy atom. The van der Waals surface area contributed by atoms with Crippen molar-refractivity contribution in [3.8, 4) is 0 Å². The van der Waals surface area contributed by atoms with Gasteiger partial charge in [0, 0.05) is 0 Å². The quantitative estimate of drug-likeness (QED) is 0.639. The summed E-state index contributed by atoms with van der Waals surface area (Å²) in [6.07, 6.45) is 2.01. The highest BCUT2D eigenvalue weighted by molar-refractivity contribution is 5.66. The number of rotatable bonds is 3. The molecule has 0 N–H and O–H groups in total. The van der Waals surface area contributed by atoms with Crippen LogP contribution in [-0.2, 0) is 12.6 Å². The highest BCUT2D eigenvalue weighted by Gasteiger charge is 2.30. The third-order valence-corrected chi connectivity index (χ3v) is 4.47. The lowest BCUT2D eigenvalue weighted by molar-refractivity contribution is -0.137. The second-order valence-electron chi connectivity index (χ2n) is 6.13. The third kappa shape index (κ3) is 4.04. The van der Waals surface area contributed by atoms with E-state index in [1.54, 1.807) is 12.1 Å². The average Bonchev–Trinajstić information content (AvgIpc) is 2.56. The van der Waals surface area contributed by atoms with Crippen LogP contribution >= 0.6 is 0 Å². The Hall–Kier alpha value is -2.03. The molecule has 0 saturated carbocycles. The molecule has 1 unspecified atom stereocenters. The molecule has 0 radical (unpaired) electrons. The van der Waals surface area contributed by atoms with Gasteiger partial charge >= 0.3 is 6.18 Å². The summed E-state index contributed by atoms with van der Waals surface area (Å²) in [4.78, 5) is 0. The van der Waals surface area contributed by atoms with Gasteiger partial charge in [0.1, 0.15) is 0 Å². The standard InChI is InChI=1S/C20H19F3/c21-20(22,23)19-12-10-18(11-13-19)17-8-6-16(7-9-17)14-15-4-2-1-3-5-15/h1-5,8,10-13,16H,6-7,9,14H2. The lowest BCUT2D eigenvalue weighted by Crippen LogP contribution is -2.09. The molecule has 0 heterocycles. The zero-order chi connectivity index (χ0) is 16.3. The molecule has 0 aromatic heterocycles. The van der Waals surface area contributed by atoms with E-state index in [1.165, 1.54) is 23.3 Å². The summed E-state index contributed by atoms with van der Waals surface area (Å²) in [5.74, 6) is 0.621. The first-order chi connectivity index (χ1) is 11.0. The SMILES string of the molecule is FC(F)(F)c1ccc(C2=CCC(Cc3ccccc3)CC2)cc1. The molecule has 2 aromatic rings. The van der Waals surface area contributed by atoms with Gasteiger partial charge in [-0.2, -0.15) is 13.2 Å². The van der Waals surface area contributed by atoms with Gasteiger partial charge in [-0.25, -0.2) is 0 Å². The van der Waals surface area contributed by atoms with Gasteiger partial charge in [-0.3, -0.25) is 0 Å². The first-order valence-electron chi connectivity index (χ1n) is 7.93. The van der Waals surface area contributed by atoms with Crippen LogP contribution in [0.3, 0.4) is 0 Å². The molecule has 0 saturated heterocycles. The van der Waals surface area contributed by atoms with Gasteiger partial charge in [-0.1, -0.05) is 48.5 Å². The van der Waals surface area contributed by atoms with Crippen molar-refractivity contribution >= 4 is 5.57 Å². The van der Waals surface area contributed by atoms with E-state index < -0.39 is 11.7 Å². The molecule has 0 nitrogen and oxygen atoms in total. The largest absolute Gasteiger partial charge is 0.416 e. The molecule has 23 heavy (non-hydrogen) atoms. The molecule has 0 bridgehead atoms. The van der Waals surface area contributed by atoms with Crippen LogP contribution in [0.4, 0.5) is 13.2 Å². The monoisotopic (exact) mass is 316 g/mol. The second-order valence-corrected chi connectivity index (χ2v) is 6.13. The Bertz CT molecular complexity index is 666. The van der Waals surface area contributed by atoms with E-state index in [0.29, 0.717) is 5.92 Å². The van der Waals surface area contributed by atoms with E-state index in [4.69, 9.17) is 0 Å². The molecule has 0 aliphatic heterocycles. The van der Waals surface area contributed by atoms with Gasteiger partial charge in [0.15, 0.2) is 0 Å². The Kier molecular flexibility index (Phi) is 4.56. The predicted octanol–water partition coefficient (Wildman–Crippen LogP) is 6.13. The highest BCUT2D eigenvalue weighted by atomic mass is 19.4. The number of hydrogen-bond donors (Lipinski definition) is 0. The smallest absolute Gasteiger partial charge is 0.166 e. The number of benzene rings is 2. The van der Waals surface area contributed by atoms with Crippen molar-refractivity contribution in [2.75, 3.05) is 0 Å². The summed E-state index contributed by atoms with van der Waals surface area (Å²) >= 11 is 0. The van der Waals surface area contributed by atoms with E-state index >= 15 is 0 Å². The average molecular weight is 316 g/mol. The van der Waals surface area contributed by atoms with Gasteiger partial charge in [-0.15, -0.1) is 0 Å². The van der Waals surface area contributed by atoms with Crippen molar-refractivity contribution in [2.45, 2.75) is 31.9 Å². The van der Waals surface area contributed by atoms with Crippen molar-refractivity contribution in [1.82, 2.24) is 0 Å². The molecule has 1 aliphatic rings. The normalized spacial score (nSPS) is 18.6. The summed E-state index contributed by atoms with van der Waals surface area (Å²) in [5.41, 5.74) is 2.85. The molecular formula is C20H19F3. The Balaban J connectivity index is 1.65. The minimum absolute atomic E-state index is 0.584. The zero-order valence-corrected chi connectivity index (χ0v) is 12.8. The van der Waals surface area contributed by atoms with Crippen molar-refractivity contribution in [1.29, 1.82) is 0 Å². The topological polar surface area (TPSA) is 0 Å². The van der Waals surface area contributed by atoms with Crippen LogP contribution in [0.1, 0.15) is 36.0 Å². The molecule has 3 rings (SSSR count). The molecule has 0 fully saturated rings. The maximum Gasteiger partial charge on any atom is 0.416 e. The van der Waals surface area contributed by atoms with Crippen molar-refractivity contribution < 1.29 is 13.2 Å². The number of halogens is 3. The molecule has 0 amide bonds. The van der Waals surface area contributed by atoms with Crippen LogP contribution in [0, 0.1) is 5.92 Å². The lowest BCUT2D eigenvalue weighted by atomic mass is 9.83. The van der Waals surface area contributed by atoms with Gasteiger partial charge in [-0.05, 0) is 60.4 Å². The van der Waals surface area contributed by atoms with Gasteiger partial charge in [0.2, 0.25) is 0 Å². The summed E-state index contributed by atoms with van der Waals surface area (Å²) in [6.45, 7) is 0. The Labute approximate surface area is 134 Å². The maximum absolute atomic E-state index is 12.6. The van der Waals surface area contributed by atoms with Gasteiger partial charge in [0.05, 0.1) is 5.56 Å².